The molecule has 0 saturated heterocycles. The van der Waals surface area contributed by atoms with Crippen LogP contribution in [0.5, 0.6) is 11.5 Å². The van der Waals surface area contributed by atoms with E-state index in [1.165, 1.54) is 0 Å². The molecule has 0 spiro atoms. The van der Waals surface area contributed by atoms with E-state index in [4.69, 9.17) is 9.47 Å². The van der Waals surface area contributed by atoms with Gasteiger partial charge >= 0.3 is 0 Å². The molecule has 7 nitrogen and oxygen atoms in total. The molecule has 0 bridgehead atoms. The average molecular weight is 434 g/mol. The van der Waals surface area contributed by atoms with Crippen LogP contribution in [0.4, 0.5) is 5.69 Å². The van der Waals surface area contributed by atoms with Gasteiger partial charge in [-0.15, -0.1) is 0 Å². The first-order valence-corrected chi connectivity index (χ1v) is 10.8. The van der Waals surface area contributed by atoms with Gasteiger partial charge in [-0.1, -0.05) is 6.07 Å². The number of amides is 2. The second-order valence-corrected chi connectivity index (χ2v) is 9.41. The summed E-state index contributed by atoms with van der Waals surface area (Å²) in [5.74, 6) is 1.42. The van der Waals surface area contributed by atoms with Crippen LogP contribution < -0.4 is 14.8 Å². The molecule has 2 heterocycles. The van der Waals surface area contributed by atoms with Crippen molar-refractivity contribution in [2.24, 2.45) is 0 Å². The van der Waals surface area contributed by atoms with E-state index in [2.05, 4.69) is 10.3 Å². The third kappa shape index (κ3) is 3.20. The van der Waals surface area contributed by atoms with Crippen LogP contribution in [0.1, 0.15) is 37.9 Å². The van der Waals surface area contributed by atoms with Crippen molar-refractivity contribution in [1.29, 1.82) is 0 Å². The maximum absolute atomic E-state index is 13.2. The number of carbonyl (C=O) groups excluding carboxylic acids is 2. The minimum Gasteiger partial charge on any atom is -0.454 e. The summed E-state index contributed by atoms with van der Waals surface area (Å²) in [6.45, 7) is 4.03. The second kappa shape index (κ2) is 7.02. The molecule has 32 heavy (non-hydrogen) atoms. The molecule has 2 amide bonds. The third-order valence-electron chi connectivity index (χ3n) is 6.60. The lowest BCUT2D eigenvalue weighted by Gasteiger charge is -2.26. The molecule has 1 saturated carbocycles. The highest BCUT2D eigenvalue weighted by Crippen LogP contribution is 2.51. The third-order valence-corrected chi connectivity index (χ3v) is 6.60. The Balaban J connectivity index is 1.39. The molecule has 1 aliphatic heterocycles. The lowest BCUT2D eigenvalue weighted by atomic mass is 9.88. The Morgan fingerprint density at radius 2 is 1.78 bits per heavy atom. The molecular formula is C25H27N3O4. The van der Waals surface area contributed by atoms with Crippen molar-refractivity contribution in [3.05, 3.63) is 53.7 Å². The van der Waals surface area contributed by atoms with Gasteiger partial charge < -0.3 is 24.7 Å². The zero-order chi connectivity index (χ0) is 22.7. The van der Waals surface area contributed by atoms with Crippen molar-refractivity contribution in [3.8, 4) is 11.5 Å². The Hall–Kier alpha value is -3.48. The van der Waals surface area contributed by atoms with Crippen molar-refractivity contribution < 1.29 is 19.1 Å². The average Bonchev–Trinajstić information content (AvgIpc) is 3.25. The van der Waals surface area contributed by atoms with E-state index in [1.807, 2.05) is 56.3 Å². The number of aromatic nitrogens is 1. The Kier molecular flexibility index (Phi) is 4.48. The zero-order valence-corrected chi connectivity index (χ0v) is 18.7. The number of fused-ring (bicyclic) bond motifs is 2. The van der Waals surface area contributed by atoms with E-state index in [1.54, 1.807) is 19.0 Å². The molecule has 2 N–H and O–H groups in total. The van der Waals surface area contributed by atoms with Crippen molar-refractivity contribution in [2.75, 3.05) is 26.2 Å². The zero-order valence-electron chi connectivity index (χ0n) is 18.7. The van der Waals surface area contributed by atoms with Crippen LogP contribution in [-0.2, 0) is 20.4 Å². The highest BCUT2D eigenvalue weighted by atomic mass is 16.7. The summed E-state index contributed by atoms with van der Waals surface area (Å²) < 4.78 is 10.9. The van der Waals surface area contributed by atoms with Crippen molar-refractivity contribution in [1.82, 2.24) is 9.88 Å². The first-order chi connectivity index (χ1) is 15.2. The molecule has 0 unspecified atom stereocenters. The van der Waals surface area contributed by atoms with Crippen molar-refractivity contribution in [3.63, 3.8) is 0 Å². The van der Waals surface area contributed by atoms with Gasteiger partial charge in [-0.3, -0.25) is 9.59 Å². The number of rotatable bonds is 5. The Morgan fingerprint density at radius 3 is 2.50 bits per heavy atom. The minimum absolute atomic E-state index is 0.0189. The first kappa shape index (κ1) is 20.4. The van der Waals surface area contributed by atoms with Gasteiger partial charge in [0.25, 0.3) is 0 Å². The number of nitrogens with zero attached hydrogens (tertiary/aromatic N) is 1. The molecule has 1 aliphatic carbocycles. The van der Waals surface area contributed by atoms with E-state index in [-0.39, 0.29) is 18.6 Å². The maximum atomic E-state index is 13.2. The predicted molar refractivity (Wildman–Crippen MR) is 122 cm³/mol. The fourth-order valence-electron chi connectivity index (χ4n) is 4.44. The minimum atomic E-state index is -0.677. The smallest absolute Gasteiger partial charge is 0.235 e. The number of hydrogen-bond donors (Lipinski definition) is 2. The Labute approximate surface area is 186 Å². The second-order valence-electron chi connectivity index (χ2n) is 9.41. The van der Waals surface area contributed by atoms with E-state index >= 15 is 0 Å². The number of anilines is 1. The number of benzene rings is 2. The number of H-pyrrole nitrogens is 1. The van der Waals surface area contributed by atoms with Crippen molar-refractivity contribution in [2.45, 2.75) is 37.5 Å². The van der Waals surface area contributed by atoms with Crippen molar-refractivity contribution >= 4 is 28.4 Å². The van der Waals surface area contributed by atoms with Crippen LogP contribution >= 0.6 is 0 Å². The number of aromatic amines is 1. The summed E-state index contributed by atoms with van der Waals surface area (Å²) in [6.07, 6.45) is 1.60. The van der Waals surface area contributed by atoms with Crippen LogP contribution in [0.15, 0.2) is 42.5 Å². The monoisotopic (exact) mass is 433 g/mol. The largest absolute Gasteiger partial charge is 0.454 e. The highest BCUT2D eigenvalue weighted by molar-refractivity contribution is 6.02. The van der Waals surface area contributed by atoms with Crippen LogP contribution in [-0.4, -0.2) is 42.6 Å². The number of ether oxygens (including phenoxy) is 2. The summed E-state index contributed by atoms with van der Waals surface area (Å²) in [7, 11) is 3.52. The lowest BCUT2D eigenvalue weighted by molar-refractivity contribution is -0.133. The summed E-state index contributed by atoms with van der Waals surface area (Å²) in [6, 6.07) is 13.5. The van der Waals surface area contributed by atoms with Crippen LogP contribution in [0.2, 0.25) is 0 Å². The van der Waals surface area contributed by atoms with E-state index in [9.17, 15) is 9.59 Å². The van der Waals surface area contributed by atoms with E-state index < -0.39 is 10.8 Å². The Morgan fingerprint density at radius 1 is 1.03 bits per heavy atom. The highest BCUT2D eigenvalue weighted by Gasteiger charge is 2.51. The molecule has 2 aromatic carbocycles. The summed E-state index contributed by atoms with van der Waals surface area (Å²) in [5.41, 5.74) is 2.25. The first-order valence-electron chi connectivity index (χ1n) is 10.8. The number of hydrogen-bond acceptors (Lipinski definition) is 4. The van der Waals surface area contributed by atoms with Gasteiger partial charge in [-0.05, 0) is 68.7 Å². The quantitative estimate of drug-likeness (QED) is 0.639. The predicted octanol–water partition coefficient (Wildman–Crippen LogP) is 3.93. The topological polar surface area (TPSA) is 83.7 Å². The van der Waals surface area contributed by atoms with Gasteiger partial charge in [0.1, 0.15) is 0 Å². The summed E-state index contributed by atoms with van der Waals surface area (Å²) in [5, 5.41) is 4.04. The van der Waals surface area contributed by atoms with E-state index in [0.29, 0.717) is 11.5 Å². The van der Waals surface area contributed by atoms with Gasteiger partial charge in [0.15, 0.2) is 11.5 Å². The molecule has 1 fully saturated rings. The normalized spacial score (nSPS) is 16.1. The SMILES string of the molecule is CN(C)C(=O)C(C)(C)c1cc2cc(NC(=O)C3(c4ccc5c(c4)OCO5)CC3)ccc2[nH]1. The molecule has 0 radical (unpaired) electrons. The van der Waals surface area contributed by atoms with Crippen LogP contribution in [0, 0.1) is 0 Å². The molecule has 5 rings (SSSR count). The maximum Gasteiger partial charge on any atom is 0.235 e. The fraction of sp³-hybridized carbons (Fsp3) is 0.360. The fourth-order valence-corrected chi connectivity index (χ4v) is 4.44. The van der Waals surface area contributed by atoms with Gasteiger partial charge in [0, 0.05) is 36.4 Å². The number of nitrogens with one attached hydrogen (secondary N) is 2. The van der Waals surface area contributed by atoms with Crippen LogP contribution in [0.25, 0.3) is 10.9 Å². The molecule has 166 valence electrons. The van der Waals surface area contributed by atoms with Gasteiger partial charge in [0.05, 0.1) is 10.8 Å². The van der Waals surface area contributed by atoms with Gasteiger partial charge in [0.2, 0.25) is 18.6 Å². The summed E-state index contributed by atoms with van der Waals surface area (Å²) in [4.78, 5) is 30.8. The molecule has 7 heteroatoms. The number of likely N-dealkylation sites (N-methyl/N-ethyl adjacent to an activating group) is 1. The van der Waals surface area contributed by atoms with Crippen LogP contribution in [0.3, 0.4) is 0 Å². The number of carbonyl (C=O) groups is 2. The van der Waals surface area contributed by atoms with E-state index in [0.717, 1.165) is 40.7 Å². The Bertz CT molecular complexity index is 1240. The summed E-state index contributed by atoms with van der Waals surface area (Å²) >= 11 is 0. The molecule has 1 aromatic heterocycles. The van der Waals surface area contributed by atoms with Gasteiger partial charge in [-0.2, -0.15) is 0 Å². The molecule has 0 atom stereocenters. The lowest BCUT2D eigenvalue weighted by Crippen LogP contribution is -2.39. The van der Waals surface area contributed by atoms with Gasteiger partial charge in [-0.25, -0.2) is 0 Å². The molecular weight excluding hydrogens is 406 g/mol. The standard InChI is InChI=1S/C25H27N3O4/c1-24(2,23(30)28(3)4)21-12-15-11-17(6-7-18(15)27-21)26-22(29)25(9-10-25)16-5-8-19-20(13-16)32-14-31-19/h5-8,11-13,27H,9-10,14H2,1-4H3,(H,26,29). The molecule has 3 aromatic rings. The molecule has 2 aliphatic rings.